The first-order valence-corrected chi connectivity index (χ1v) is 8.23. The van der Waals surface area contributed by atoms with Gasteiger partial charge in [0.05, 0.1) is 0 Å². The Labute approximate surface area is 143 Å². The topological polar surface area (TPSA) is 49.4 Å². The number of carbonyl (C=O) groups excluding carboxylic acids is 2. The van der Waals surface area contributed by atoms with Gasteiger partial charge >= 0.3 is 0 Å². The summed E-state index contributed by atoms with van der Waals surface area (Å²) in [4.78, 5) is 25.7. The highest BCUT2D eigenvalue weighted by molar-refractivity contribution is 5.94. The molecule has 0 aliphatic rings. The van der Waals surface area contributed by atoms with Crippen molar-refractivity contribution in [3.63, 3.8) is 0 Å². The van der Waals surface area contributed by atoms with Gasteiger partial charge < -0.3 is 10.2 Å². The average molecular weight is 324 g/mol. The van der Waals surface area contributed by atoms with Crippen LogP contribution in [0.15, 0.2) is 48.5 Å². The molecule has 0 fully saturated rings. The lowest BCUT2D eigenvalue weighted by Gasteiger charge is -2.21. The molecular formula is C20H24N2O2. The summed E-state index contributed by atoms with van der Waals surface area (Å²) in [6, 6.07) is 15.5. The summed E-state index contributed by atoms with van der Waals surface area (Å²) in [5.41, 5.74) is 3.92. The van der Waals surface area contributed by atoms with Crippen LogP contribution in [0.2, 0.25) is 0 Å². The first-order valence-electron chi connectivity index (χ1n) is 8.23. The minimum Gasteiger partial charge on any atom is -0.326 e. The Hall–Kier alpha value is -2.62. The number of aryl methyl sites for hydroxylation is 2. The number of nitrogens with zero attached hydrogens (tertiary/aromatic N) is 1. The van der Waals surface area contributed by atoms with Gasteiger partial charge in [0.1, 0.15) is 0 Å². The van der Waals surface area contributed by atoms with Crippen LogP contribution >= 0.6 is 0 Å². The molecule has 0 unspecified atom stereocenters. The highest BCUT2D eigenvalue weighted by atomic mass is 16.2. The Morgan fingerprint density at radius 2 is 1.79 bits per heavy atom. The van der Waals surface area contributed by atoms with Gasteiger partial charge in [0.15, 0.2) is 0 Å². The van der Waals surface area contributed by atoms with Crippen molar-refractivity contribution in [2.24, 2.45) is 0 Å². The van der Waals surface area contributed by atoms with Gasteiger partial charge in [-0.1, -0.05) is 31.2 Å². The van der Waals surface area contributed by atoms with Crippen LogP contribution in [0.4, 0.5) is 11.4 Å². The SMILES string of the molecule is CCc1ccc(NC(=O)CCN(C(C)=O)c2cccc(C)c2)cc1. The zero-order valence-corrected chi connectivity index (χ0v) is 14.5. The van der Waals surface area contributed by atoms with Crippen LogP contribution in [0, 0.1) is 6.92 Å². The predicted octanol–water partition coefficient (Wildman–Crippen LogP) is 3.94. The van der Waals surface area contributed by atoms with E-state index in [0.717, 1.165) is 23.4 Å². The third-order valence-electron chi connectivity index (χ3n) is 3.90. The second kappa shape index (κ2) is 8.29. The second-order valence-electron chi connectivity index (χ2n) is 5.86. The van der Waals surface area contributed by atoms with Crippen LogP contribution in [-0.4, -0.2) is 18.4 Å². The molecule has 24 heavy (non-hydrogen) atoms. The lowest BCUT2D eigenvalue weighted by Crippen LogP contribution is -2.32. The molecule has 0 bridgehead atoms. The Bertz CT molecular complexity index is 708. The number of hydrogen-bond acceptors (Lipinski definition) is 2. The first-order chi connectivity index (χ1) is 11.5. The number of rotatable bonds is 6. The van der Waals surface area contributed by atoms with Gasteiger partial charge in [0, 0.05) is 31.3 Å². The van der Waals surface area contributed by atoms with Crippen molar-refractivity contribution >= 4 is 23.2 Å². The Morgan fingerprint density at radius 1 is 1.08 bits per heavy atom. The van der Waals surface area contributed by atoms with Gasteiger partial charge in [-0.05, 0) is 48.7 Å². The van der Waals surface area contributed by atoms with E-state index >= 15 is 0 Å². The molecule has 2 aromatic rings. The summed E-state index contributed by atoms with van der Waals surface area (Å²) in [5.74, 6) is -0.168. The molecule has 0 radical (unpaired) electrons. The van der Waals surface area contributed by atoms with Crippen LogP contribution in [-0.2, 0) is 16.0 Å². The number of benzene rings is 2. The molecule has 0 aromatic heterocycles. The average Bonchev–Trinajstić information content (AvgIpc) is 2.55. The fourth-order valence-corrected chi connectivity index (χ4v) is 2.52. The summed E-state index contributed by atoms with van der Waals surface area (Å²) in [5, 5.41) is 2.87. The lowest BCUT2D eigenvalue weighted by atomic mass is 10.1. The summed E-state index contributed by atoms with van der Waals surface area (Å²) in [7, 11) is 0. The van der Waals surface area contributed by atoms with Gasteiger partial charge in [-0.25, -0.2) is 0 Å². The highest BCUT2D eigenvalue weighted by Crippen LogP contribution is 2.17. The third-order valence-corrected chi connectivity index (χ3v) is 3.90. The first kappa shape index (κ1) is 17.7. The van der Waals surface area contributed by atoms with Crippen molar-refractivity contribution < 1.29 is 9.59 Å². The van der Waals surface area contributed by atoms with E-state index in [4.69, 9.17) is 0 Å². The molecule has 126 valence electrons. The molecule has 2 rings (SSSR count). The summed E-state index contributed by atoms with van der Waals surface area (Å²) in [6.45, 7) is 5.95. The van der Waals surface area contributed by atoms with E-state index in [1.165, 1.54) is 12.5 Å². The van der Waals surface area contributed by atoms with Crippen molar-refractivity contribution in [1.29, 1.82) is 0 Å². The van der Waals surface area contributed by atoms with Crippen LogP contribution in [0.1, 0.15) is 31.4 Å². The van der Waals surface area contributed by atoms with Gasteiger partial charge in [0.2, 0.25) is 11.8 Å². The maximum Gasteiger partial charge on any atom is 0.226 e. The van der Waals surface area contributed by atoms with Crippen molar-refractivity contribution in [3.05, 3.63) is 59.7 Å². The molecule has 1 N–H and O–H groups in total. The zero-order valence-electron chi connectivity index (χ0n) is 14.5. The van der Waals surface area contributed by atoms with Crippen LogP contribution in [0.3, 0.4) is 0 Å². The summed E-state index contributed by atoms with van der Waals surface area (Å²) >= 11 is 0. The maximum absolute atomic E-state index is 12.1. The molecule has 0 atom stereocenters. The molecule has 0 aliphatic carbocycles. The van der Waals surface area contributed by atoms with E-state index in [-0.39, 0.29) is 18.2 Å². The predicted molar refractivity (Wildman–Crippen MR) is 98.3 cm³/mol. The van der Waals surface area contributed by atoms with Gasteiger partial charge in [-0.15, -0.1) is 0 Å². The molecule has 0 heterocycles. The van der Waals surface area contributed by atoms with E-state index in [1.54, 1.807) is 4.90 Å². The molecule has 4 nitrogen and oxygen atoms in total. The zero-order chi connectivity index (χ0) is 17.5. The molecule has 0 saturated carbocycles. The van der Waals surface area contributed by atoms with Crippen LogP contribution in [0.5, 0.6) is 0 Å². The lowest BCUT2D eigenvalue weighted by molar-refractivity contribution is -0.117. The minimum absolute atomic E-state index is 0.0688. The van der Waals surface area contributed by atoms with Gasteiger partial charge in [0.25, 0.3) is 0 Å². The number of hydrogen-bond donors (Lipinski definition) is 1. The second-order valence-corrected chi connectivity index (χ2v) is 5.86. The van der Waals surface area contributed by atoms with Crippen LogP contribution < -0.4 is 10.2 Å². The fourth-order valence-electron chi connectivity index (χ4n) is 2.52. The maximum atomic E-state index is 12.1. The van der Waals surface area contributed by atoms with Crippen molar-refractivity contribution in [1.82, 2.24) is 0 Å². The molecule has 2 amide bonds. The molecule has 0 saturated heterocycles. The molecule has 2 aromatic carbocycles. The molecule has 4 heteroatoms. The van der Waals surface area contributed by atoms with Gasteiger partial charge in [-0.2, -0.15) is 0 Å². The normalized spacial score (nSPS) is 10.3. The Kier molecular flexibility index (Phi) is 6.13. The van der Waals surface area contributed by atoms with E-state index in [0.29, 0.717) is 6.54 Å². The minimum atomic E-state index is -0.0989. The smallest absolute Gasteiger partial charge is 0.226 e. The summed E-state index contributed by atoms with van der Waals surface area (Å²) in [6.07, 6.45) is 1.22. The van der Waals surface area contributed by atoms with E-state index in [9.17, 15) is 9.59 Å². The standard InChI is InChI=1S/C20H24N2O2/c1-4-17-8-10-18(11-9-17)21-20(24)12-13-22(16(3)23)19-7-5-6-15(2)14-19/h5-11,14H,4,12-13H2,1-3H3,(H,21,24). The van der Waals surface area contributed by atoms with Gasteiger partial charge in [-0.3, -0.25) is 9.59 Å². The number of nitrogens with one attached hydrogen (secondary N) is 1. The van der Waals surface area contributed by atoms with E-state index in [1.807, 2.05) is 55.5 Å². The third kappa shape index (κ3) is 4.95. The Morgan fingerprint density at radius 3 is 2.38 bits per heavy atom. The number of amides is 2. The molecule has 0 spiro atoms. The fraction of sp³-hybridized carbons (Fsp3) is 0.300. The monoisotopic (exact) mass is 324 g/mol. The highest BCUT2D eigenvalue weighted by Gasteiger charge is 2.13. The van der Waals surface area contributed by atoms with Crippen LogP contribution in [0.25, 0.3) is 0 Å². The van der Waals surface area contributed by atoms with Crippen molar-refractivity contribution in [3.8, 4) is 0 Å². The van der Waals surface area contributed by atoms with Crippen molar-refractivity contribution in [2.45, 2.75) is 33.6 Å². The quantitative estimate of drug-likeness (QED) is 0.875. The Balaban J connectivity index is 1.96. The summed E-state index contributed by atoms with van der Waals surface area (Å²) < 4.78 is 0. The largest absolute Gasteiger partial charge is 0.326 e. The van der Waals surface area contributed by atoms with E-state index < -0.39 is 0 Å². The van der Waals surface area contributed by atoms with Crippen molar-refractivity contribution in [2.75, 3.05) is 16.8 Å². The molecular weight excluding hydrogens is 300 g/mol. The van der Waals surface area contributed by atoms with E-state index in [2.05, 4.69) is 12.2 Å². The number of anilines is 2. The number of carbonyl (C=O) groups is 2. The molecule has 0 aliphatic heterocycles.